The summed E-state index contributed by atoms with van der Waals surface area (Å²) in [6.45, 7) is 9.77. The van der Waals surface area contributed by atoms with E-state index in [0.29, 0.717) is 0 Å². The van der Waals surface area contributed by atoms with Gasteiger partial charge in [-0.15, -0.1) is 0 Å². The number of nitrogens with zero attached hydrogens (tertiary/aromatic N) is 1. The van der Waals surface area contributed by atoms with Crippen molar-refractivity contribution in [3.05, 3.63) is 29.3 Å². The number of anilines is 1. The van der Waals surface area contributed by atoms with Gasteiger partial charge in [-0.25, -0.2) is 0 Å². The molecule has 94 valence electrons. The Morgan fingerprint density at radius 2 is 2.06 bits per heavy atom. The first-order chi connectivity index (χ1) is 8.26. The first-order valence-corrected chi connectivity index (χ1v) is 6.83. The summed E-state index contributed by atoms with van der Waals surface area (Å²) in [5.74, 6) is 0. The maximum atomic E-state index is 3.38. The molecule has 0 radical (unpaired) electrons. The summed E-state index contributed by atoms with van der Waals surface area (Å²) in [5, 5.41) is 3.38. The highest BCUT2D eigenvalue weighted by Gasteiger charge is 2.28. The molecule has 0 aliphatic heterocycles. The Morgan fingerprint density at radius 1 is 1.29 bits per heavy atom. The predicted molar refractivity (Wildman–Crippen MR) is 74.6 cm³/mol. The van der Waals surface area contributed by atoms with E-state index >= 15 is 0 Å². The fraction of sp³-hybridized carbons (Fsp3) is 0.600. The predicted octanol–water partition coefficient (Wildman–Crippen LogP) is 3.09. The summed E-state index contributed by atoms with van der Waals surface area (Å²) < 4.78 is 0. The second kappa shape index (κ2) is 5.54. The Balaban J connectivity index is 2.12. The van der Waals surface area contributed by atoms with Gasteiger partial charge in [-0.05, 0) is 50.4 Å². The second-order valence-corrected chi connectivity index (χ2v) is 4.92. The van der Waals surface area contributed by atoms with Crippen molar-refractivity contribution in [1.29, 1.82) is 0 Å². The summed E-state index contributed by atoms with van der Waals surface area (Å²) in [4.78, 5) is 2.55. The molecule has 0 saturated heterocycles. The minimum absolute atomic E-state index is 0.804. The van der Waals surface area contributed by atoms with Crippen molar-refractivity contribution in [3.8, 4) is 0 Å². The lowest BCUT2D eigenvalue weighted by Crippen LogP contribution is -2.25. The van der Waals surface area contributed by atoms with Crippen LogP contribution in [0.25, 0.3) is 0 Å². The molecule has 1 aliphatic carbocycles. The normalized spacial score (nSPS) is 15.0. The third-order valence-corrected chi connectivity index (χ3v) is 3.48. The lowest BCUT2D eigenvalue weighted by atomic mass is 10.1. The van der Waals surface area contributed by atoms with Crippen LogP contribution in [0.1, 0.15) is 37.8 Å². The van der Waals surface area contributed by atoms with Gasteiger partial charge in [0.05, 0.1) is 0 Å². The molecule has 1 saturated carbocycles. The molecule has 0 bridgehead atoms. The number of benzene rings is 1. The monoisotopic (exact) mass is 232 g/mol. The van der Waals surface area contributed by atoms with Crippen molar-refractivity contribution >= 4 is 5.69 Å². The van der Waals surface area contributed by atoms with Crippen molar-refractivity contribution in [2.45, 2.75) is 46.2 Å². The maximum Gasteiger partial charge on any atom is 0.0398 e. The molecule has 2 heteroatoms. The van der Waals surface area contributed by atoms with Crippen LogP contribution in [0.3, 0.4) is 0 Å². The van der Waals surface area contributed by atoms with Crippen molar-refractivity contribution in [2.24, 2.45) is 0 Å². The van der Waals surface area contributed by atoms with Crippen molar-refractivity contribution < 1.29 is 0 Å². The van der Waals surface area contributed by atoms with E-state index in [1.807, 2.05) is 0 Å². The number of hydrogen-bond acceptors (Lipinski definition) is 2. The first-order valence-electron chi connectivity index (χ1n) is 6.83. The van der Waals surface area contributed by atoms with Gasteiger partial charge < -0.3 is 10.2 Å². The molecule has 0 heterocycles. The zero-order valence-electron chi connectivity index (χ0n) is 11.3. The average molecular weight is 232 g/mol. The van der Waals surface area contributed by atoms with Gasteiger partial charge >= 0.3 is 0 Å². The molecule has 0 unspecified atom stereocenters. The van der Waals surface area contributed by atoms with Gasteiger partial charge in [-0.1, -0.05) is 19.1 Å². The van der Waals surface area contributed by atoms with E-state index in [1.165, 1.54) is 29.7 Å². The third-order valence-electron chi connectivity index (χ3n) is 3.48. The van der Waals surface area contributed by atoms with Crippen LogP contribution >= 0.6 is 0 Å². The average Bonchev–Trinajstić information content (AvgIpc) is 3.14. The quantitative estimate of drug-likeness (QED) is 0.811. The topological polar surface area (TPSA) is 15.3 Å². The van der Waals surface area contributed by atoms with Crippen LogP contribution in [-0.2, 0) is 6.54 Å². The number of hydrogen-bond donors (Lipinski definition) is 1. The summed E-state index contributed by atoms with van der Waals surface area (Å²) in [6.07, 6.45) is 2.73. The van der Waals surface area contributed by atoms with E-state index in [-0.39, 0.29) is 0 Å². The van der Waals surface area contributed by atoms with Crippen LogP contribution in [0.2, 0.25) is 0 Å². The first kappa shape index (κ1) is 12.4. The highest BCUT2D eigenvalue weighted by molar-refractivity contribution is 5.56. The Labute approximate surface area is 105 Å². The van der Waals surface area contributed by atoms with Crippen molar-refractivity contribution in [1.82, 2.24) is 5.32 Å². The largest absolute Gasteiger partial charge is 0.369 e. The Kier molecular flexibility index (Phi) is 4.06. The van der Waals surface area contributed by atoms with E-state index < -0.39 is 0 Å². The van der Waals surface area contributed by atoms with Crippen LogP contribution in [0, 0.1) is 6.92 Å². The number of aryl methyl sites for hydroxylation is 1. The molecule has 0 amide bonds. The molecule has 0 atom stereocenters. The van der Waals surface area contributed by atoms with Crippen molar-refractivity contribution in [3.63, 3.8) is 0 Å². The SMILES string of the molecule is CCNCc1ccc(N(CC)C2CC2)c(C)c1. The Bertz CT molecular complexity index is 369. The molecule has 1 fully saturated rings. The molecule has 2 nitrogen and oxygen atoms in total. The van der Waals surface area contributed by atoms with Gasteiger partial charge in [0.2, 0.25) is 0 Å². The molecule has 1 aliphatic rings. The highest BCUT2D eigenvalue weighted by atomic mass is 15.2. The molecular formula is C15H24N2. The molecule has 1 N–H and O–H groups in total. The Hall–Kier alpha value is -1.02. The Morgan fingerprint density at radius 3 is 2.59 bits per heavy atom. The van der Waals surface area contributed by atoms with Crippen LogP contribution < -0.4 is 10.2 Å². The van der Waals surface area contributed by atoms with Crippen LogP contribution in [0.15, 0.2) is 18.2 Å². The molecular weight excluding hydrogens is 208 g/mol. The zero-order chi connectivity index (χ0) is 12.3. The second-order valence-electron chi connectivity index (χ2n) is 4.92. The molecule has 1 aromatic carbocycles. The van der Waals surface area contributed by atoms with E-state index in [1.54, 1.807) is 0 Å². The maximum absolute atomic E-state index is 3.38. The van der Waals surface area contributed by atoms with Gasteiger partial charge in [0.15, 0.2) is 0 Å². The van der Waals surface area contributed by atoms with E-state index in [0.717, 1.165) is 25.7 Å². The molecule has 2 rings (SSSR count). The van der Waals surface area contributed by atoms with E-state index in [2.05, 4.69) is 49.2 Å². The summed E-state index contributed by atoms with van der Waals surface area (Å²) >= 11 is 0. The molecule has 0 aromatic heterocycles. The van der Waals surface area contributed by atoms with Gasteiger partial charge in [0, 0.05) is 24.8 Å². The van der Waals surface area contributed by atoms with Gasteiger partial charge in [-0.3, -0.25) is 0 Å². The fourth-order valence-electron chi connectivity index (χ4n) is 2.43. The van der Waals surface area contributed by atoms with Gasteiger partial charge in [0.1, 0.15) is 0 Å². The van der Waals surface area contributed by atoms with Gasteiger partial charge in [0.25, 0.3) is 0 Å². The minimum atomic E-state index is 0.804. The van der Waals surface area contributed by atoms with Crippen molar-refractivity contribution in [2.75, 3.05) is 18.0 Å². The highest BCUT2D eigenvalue weighted by Crippen LogP contribution is 2.33. The zero-order valence-corrected chi connectivity index (χ0v) is 11.3. The summed E-state index contributed by atoms with van der Waals surface area (Å²) in [7, 11) is 0. The summed E-state index contributed by atoms with van der Waals surface area (Å²) in [6, 6.07) is 7.68. The van der Waals surface area contributed by atoms with Gasteiger partial charge in [-0.2, -0.15) is 0 Å². The van der Waals surface area contributed by atoms with E-state index in [4.69, 9.17) is 0 Å². The standard InChI is InChI=1S/C15H24N2/c1-4-16-11-13-6-9-15(12(3)10-13)17(5-2)14-7-8-14/h6,9-10,14,16H,4-5,7-8,11H2,1-3H3. The summed E-state index contributed by atoms with van der Waals surface area (Å²) in [5.41, 5.74) is 4.23. The minimum Gasteiger partial charge on any atom is -0.369 e. The number of nitrogens with one attached hydrogen (secondary N) is 1. The third kappa shape index (κ3) is 3.01. The number of rotatable bonds is 6. The van der Waals surface area contributed by atoms with E-state index in [9.17, 15) is 0 Å². The van der Waals surface area contributed by atoms with Crippen LogP contribution in [0.5, 0.6) is 0 Å². The lowest BCUT2D eigenvalue weighted by Gasteiger charge is -2.25. The van der Waals surface area contributed by atoms with Crippen LogP contribution in [-0.4, -0.2) is 19.1 Å². The fourth-order valence-corrected chi connectivity index (χ4v) is 2.43. The molecule has 0 spiro atoms. The smallest absolute Gasteiger partial charge is 0.0398 e. The lowest BCUT2D eigenvalue weighted by molar-refractivity contribution is 0.726. The molecule has 1 aromatic rings. The van der Waals surface area contributed by atoms with Crippen LogP contribution in [0.4, 0.5) is 5.69 Å². The molecule has 17 heavy (non-hydrogen) atoms.